The minimum Gasteiger partial charge on any atom is -0.381 e. The summed E-state index contributed by atoms with van der Waals surface area (Å²) in [5.74, 6) is -4.58. The fourth-order valence-corrected chi connectivity index (χ4v) is 14.8. The van der Waals surface area contributed by atoms with Crippen LogP contribution in [-0.2, 0) is 0 Å². The summed E-state index contributed by atoms with van der Waals surface area (Å²) in [5, 5.41) is 44.9. The maximum atomic E-state index is 10.9. The van der Waals surface area contributed by atoms with Crippen LogP contribution < -0.4 is 10.6 Å². The van der Waals surface area contributed by atoms with E-state index in [4.69, 9.17) is 0 Å². The van der Waals surface area contributed by atoms with Crippen molar-refractivity contribution in [2.24, 2.45) is 0 Å². The topological polar surface area (TPSA) is 80.9 Å². The molecule has 0 saturated carbocycles. The van der Waals surface area contributed by atoms with Crippen molar-refractivity contribution in [1.82, 2.24) is 0 Å². The van der Waals surface area contributed by atoms with Crippen LogP contribution >= 0.6 is 36.5 Å². The van der Waals surface area contributed by atoms with E-state index >= 15 is 0 Å². The van der Waals surface area contributed by atoms with Crippen molar-refractivity contribution in [2.75, 3.05) is 0 Å². The molecular weight excluding hydrogens is 382 g/mol. The van der Waals surface area contributed by atoms with E-state index < -0.39 is 37.8 Å². The Hall–Kier alpha value is -0.160. The van der Waals surface area contributed by atoms with Crippen molar-refractivity contribution >= 4 is 47.1 Å². The van der Waals surface area contributed by atoms with Gasteiger partial charge in [-0.2, -0.15) is 0 Å². The molecule has 8 heteroatoms. The average Bonchev–Trinajstić information content (AvgIpc) is 2.63. The second-order valence-corrected chi connectivity index (χ2v) is 14.8. The minimum atomic E-state index is -2.77. The van der Waals surface area contributed by atoms with E-state index in [1.165, 1.54) is 0 Å². The number of hydrogen-bond donors (Lipinski definition) is 5. The van der Waals surface area contributed by atoms with Crippen LogP contribution in [0.5, 0.6) is 0 Å². The zero-order valence-corrected chi connectivity index (χ0v) is 16.1. The predicted molar refractivity (Wildman–Crippen MR) is 107 cm³/mol. The molecule has 1 aliphatic rings. The monoisotopic (exact) mass is 401 g/mol. The van der Waals surface area contributed by atoms with E-state index in [-0.39, 0.29) is 0 Å². The Balaban J connectivity index is 2.07. The lowest BCUT2D eigenvalue weighted by atomic mass is 10.4. The molecule has 4 N–H and O–H groups in total. The Kier molecular flexibility index (Phi) is 5.90. The van der Waals surface area contributed by atoms with Gasteiger partial charge in [-0.05, 0) is 25.4 Å². The fraction of sp³-hybridized carbons (Fsp3) is 0.250. The summed E-state index contributed by atoms with van der Waals surface area (Å²) in [7, 11) is -0.468. The molecule has 2 aromatic rings. The standard InChI is InChI=1S/C16H18O4P2S2/c17-13-15(19)22(24-23,12-9-5-2-6-10-12)16(20)14(18)21(13)11-7-3-1-4-8-11/h1-10,13-20H/p+1. The quantitative estimate of drug-likeness (QED) is 0.309. The molecule has 3 rings (SSSR count). The van der Waals surface area contributed by atoms with E-state index in [2.05, 4.69) is 11.7 Å². The third-order valence-electron chi connectivity index (χ3n) is 4.24. The van der Waals surface area contributed by atoms with Gasteiger partial charge < -0.3 is 20.4 Å². The van der Waals surface area contributed by atoms with Gasteiger partial charge in [-0.25, -0.2) is 0 Å². The Morgan fingerprint density at radius 3 is 1.71 bits per heavy atom. The van der Waals surface area contributed by atoms with Crippen LogP contribution in [0.3, 0.4) is 0 Å². The van der Waals surface area contributed by atoms with Crippen molar-refractivity contribution in [3.8, 4) is 0 Å². The summed E-state index contributed by atoms with van der Waals surface area (Å²) in [5.41, 5.74) is 0. The molecule has 128 valence electrons. The maximum absolute atomic E-state index is 10.9. The number of rotatable bonds is 3. The van der Waals surface area contributed by atoms with Gasteiger partial charge in [0, 0.05) is 0 Å². The fourth-order valence-electron chi connectivity index (χ4n) is 3.01. The average molecular weight is 401 g/mol. The highest BCUT2D eigenvalue weighted by atomic mass is 33.3. The summed E-state index contributed by atoms with van der Waals surface area (Å²) in [6, 6.07) is 18.2. The Morgan fingerprint density at radius 2 is 1.25 bits per heavy atom. The molecule has 4 atom stereocenters. The highest BCUT2D eigenvalue weighted by molar-refractivity contribution is 8.98. The van der Waals surface area contributed by atoms with E-state index in [0.29, 0.717) is 0 Å². The lowest BCUT2D eigenvalue weighted by Crippen LogP contribution is -2.48. The molecule has 4 nitrogen and oxygen atoms in total. The first kappa shape index (κ1) is 18.6. The normalized spacial score (nSPS) is 36.5. The van der Waals surface area contributed by atoms with Gasteiger partial charge in [0.15, 0.2) is 6.46 Å². The third kappa shape index (κ3) is 2.94. The van der Waals surface area contributed by atoms with Crippen LogP contribution in [0.2, 0.25) is 0 Å². The first-order valence-corrected chi connectivity index (χ1v) is 13.2. The predicted octanol–water partition coefficient (Wildman–Crippen LogP) is 1.92. The van der Waals surface area contributed by atoms with Crippen molar-refractivity contribution in [3.05, 3.63) is 60.7 Å². The Morgan fingerprint density at radius 1 is 0.792 bits per heavy atom. The first-order valence-electron chi connectivity index (χ1n) is 7.37. The maximum Gasteiger partial charge on any atom is 0.213 e. The molecule has 1 saturated heterocycles. The van der Waals surface area contributed by atoms with E-state index in [1.807, 2.05) is 36.4 Å². The first-order chi connectivity index (χ1) is 11.5. The highest BCUT2D eigenvalue weighted by Crippen LogP contribution is 2.82. The van der Waals surface area contributed by atoms with E-state index in [9.17, 15) is 20.4 Å². The van der Waals surface area contributed by atoms with Crippen molar-refractivity contribution in [1.29, 1.82) is 0 Å². The zero-order chi connectivity index (χ0) is 17.3. The van der Waals surface area contributed by atoms with E-state index in [1.54, 1.807) is 24.3 Å². The molecule has 1 heterocycles. The zero-order valence-electron chi connectivity index (χ0n) is 12.6. The van der Waals surface area contributed by atoms with E-state index in [0.717, 1.165) is 21.0 Å². The van der Waals surface area contributed by atoms with Crippen LogP contribution in [0.15, 0.2) is 60.7 Å². The molecule has 0 aromatic heterocycles. The SMILES string of the molecule is OC1C(O)[P+](SS)(c2ccccc2)C(O)C(O)P1c1ccccc1. The van der Waals surface area contributed by atoms with Gasteiger partial charge in [0.1, 0.15) is 17.0 Å². The molecule has 1 fully saturated rings. The lowest BCUT2D eigenvalue weighted by molar-refractivity contribution is 0.0799. The Bertz CT molecular complexity index is 660. The van der Waals surface area contributed by atoms with Gasteiger partial charge in [-0.1, -0.05) is 60.2 Å². The van der Waals surface area contributed by atoms with Gasteiger partial charge in [-0.15, -0.1) is 0 Å². The second-order valence-electron chi connectivity index (χ2n) is 5.52. The van der Waals surface area contributed by atoms with Crippen LogP contribution in [0.25, 0.3) is 0 Å². The summed E-state index contributed by atoms with van der Waals surface area (Å²) in [4.78, 5) is 0. The minimum absolute atomic E-state index is 0.728. The number of aliphatic hydroxyl groups is 4. The van der Waals surface area contributed by atoms with Crippen LogP contribution in [-0.4, -0.2) is 43.8 Å². The number of benzene rings is 2. The van der Waals surface area contributed by atoms with Crippen molar-refractivity contribution in [3.63, 3.8) is 0 Å². The highest BCUT2D eigenvalue weighted by Gasteiger charge is 2.67. The molecule has 0 bridgehead atoms. The molecular formula is C16H19O4P2S2+. The smallest absolute Gasteiger partial charge is 0.213 e. The summed E-state index contributed by atoms with van der Waals surface area (Å²) in [6.07, 6.45) is 0. The van der Waals surface area contributed by atoms with Gasteiger partial charge in [0.25, 0.3) is 0 Å². The van der Waals surface area contributed by atoms with Gasteiger partial charge in [0.05, 0.1) is 10.4 Å². The molecule has 2 aromatic carbocycles. The lowest BCUT2D eigenvalue weighted by Gasteiger charge is -2.45. The molecule has 1 aliphatic heterocycles. The molecule has 0 amide bonds. The van der Waals surface area contributed by atoms with Gasteiger partial charge in [-0.3, -0.25) is 0 Å². The molecule has 0 aliphatic carbocycles. The van der Waals surface area contributed by atoms with Crippen molar-refractivity contribution < 1.29 is 20.4 Å². The van der Waals surface area contributed by atoms with Crippen LogP contribution in [0.4, 0.5) is 0 Å². The summed E-state index contributed by atoms with van der Waals surface area (Å²) in [6.45, 7) is -2.77. The van der Waals surface area contributed by atoms with Crippen LogP contribution in [0.1, 0.15) is 0 Å². The Labute approximate surface area is 151 Å². The third-order valence-corrected chi connectivity index (χ3v) is 16.0. The summed E-state index contributed by atoms with van der Waals surface area (Å²) < 4.78 is 0. The van der Waals surface area contributed by atoms with Gasteiger partial charge in [0.2, 0.25) is 11.7 Å². The van der Waals surface area contributed by atoms with Crippen LogP contribution in [0, 0.1) is 0 Å². The van der Waals surface area contributed by atoms with Gasteiger partial charge >= 0.3 is 0 Å². The van der Waals surface area contributed by atoms with Crippen molar-refractivity contribution in [2.45, 2.75) is 23.4 Å². The molecule has 0 spiro atoms. The molecule has 24 heavy (non-hydrogen) atoms. The molecule has 0 radical (unpaired) electrons. The number of thiol groups is 1. The number of hydrogen-bond acceptors (Lipinski definition) is 6. The molecule has 4 unspecified atom stereocenters. The number of aliphatic hydroxyl groups excluding tert-OH is 4. The largest absolute Gasteiger partial charge is 0.381 e. The second kappa shape index (κ2) is 7.61. The summed E-state index contributed by atoms with van der Waals surface area (Å²) >= 11 is 4.31.